The van der Waals surface area contributed by atoms with E-state index in [9.17, 15) is 9.18 Å². The second kappa shape index (κ2) is 11.2. The van der Waals surface area contributed by atoms with Gasteiger partial charge in [-0.3, -0.25) is 4.79 Å². The lowest BCUT2D eigenvalue weighted by molar-refractivity contribution is -0.127. The van der Waals surface area contributed by atoms with Gasteiger partial charge in [-0.25, -0.2) is 9.38 Å². The molecule has 130 valence electrons. The zero-order chi connectivity index (χ0) is 16.5. The summed E-state index contributed by atoms with van der Waals surface area (Å²) in [5.41, 5.74) is 0.782. The number of benzene rings is 1. The van der Waals surface area contributed by atoms with E-state index >= 15 is 0 Å². The average Bonchev–Trinajstić information content (AvgIpc) is 2.49. The monoisotopic (exact) mass is 436 g/mol. The topological polar surface area (TPSA) is 56.7 Å². The van der Waals surface area contributed by atoms with E-state index in [0.29, 0.717) is 12.5 Å². The average molecular weight is 436 g/mol. The summed E-state index contributed by atoms with van der Waals surface area (Å²) < 4.78 is 13.2. The number of likely N-dealkylation sites (N-methyl/N-ethyl adjacent to an activating group) is 1. The minimum Gasteiger partial charge on any atom is -0.354 e. The van der Waals surface area contributed by atoms with Crippen molar-refractivity contribution in [1.29, 1.82) is 0 Å². The Morgan fingerprint density at radius 3 is 2.65 bits per heavy atom. The zero-order valence-corrected chi connectivity index (χ0v) is 16.4. The number of rotatable bonds is 6. The summed E-state index contributed by atoms with van der Waals surface area (Å²) in [7, 11) is 3.41. The number of nitrogens with one attached hydrogen (secondary N) is 2. The number of hydrogen-bond donors (Lipinski definition) is 2. The van der Waals surface area contributed by atoms with Gasteiger partial charge in [-0.05, 0) is 31.0 Å². The summed E-state index contributed by atoms with van der Waals surface area (Å²) in [6.07, 6.45) is 0.933. The fourth-order valence-electron chi connectivity index (χ4n) is 1.61. The van der Waals surface area contributed by atoms with Crippen molar-refractivity contribution in [2.45, 2.75) is 32.9 Å². The van der Waals surface area contributed by atoms with Crippen LogP contribution in [-0.4, -0.2) is 43.4 Å². The molecule has 0 fully saturated rings. The summed E-state index contributed by atoms with van der Waals surface area (Å²) >= 11 is 0. The highest BCUT2D eigenvalue weighted by Gasteiger charge is 2.08. The molecule has 5 nitrogen and oxygen atoms in total. The lowest BCUT2D eigenvalue weighted by atomic mass is 10.2. The van der Waals surface area contributed by atoms with E-state index in [4.69, 9.17) is 0 Å². The molecule has 2 N–H and O–H groups in total. The Hall–Kier alpha value is -1.38. The van der Waals surface area contributed by atoms with E-state index in [1.165, 1.54) is 17.0 Å². The molecule has 0 radical (unpaired) electrons. The van der Waals surface area contributed by atoms with Crippen molar-refractivity contribution < 1.29 is 9.18 Å². The van der Waals surface area contributed by atoms with Crippen LogP contribution in [0.1, 0.15) is 25.8 Å². The van der Waals surface area contributed by atoms with Crippen LogP contribution in [0.2, 0.25) is 0 Å². The third-order valence-corrected chi connectivity index (χ3v) is 3.21. The van der Waals surface area contributed by atoms with Gasteiger partial charge >= 0.3 is 0 Å². The lowest BCUT2D eigenvalue weighted by Gasteiger charge is -2.18. The molecule has 1 aromatic carbocycles. The van der Waals surface area contributed by atoms with Crippen molar-refractivity contribution in [2.24, 2.45) is 4.99 Å². The normalized spacial score (nSPS) is 12.1. The van der Waals surface area contributed by atoms with E-state index in [2.05, 4.69) is 22.5 Å². The van der Waals surface area contributed by atoms with E-state index in [0.717, 1.165) is 12.0 Å². The minimum absolute atomic E-state index is 0. The number of carbonyl (C=O) groups excluding carboxylic acids is 1. The maximum Gasteiger partial charge on any atom is 0.241 e. The highest BCUT2D eigenvalue weighted by Crippen LogP contribution is 2.04. The van der Waals surface area contributed by atoms with Gasteiger partial charge in [-0.15, -0.1) is 24.0 Å². The summed E-state index contributed by atoms with van der Waals surface area (Å²) in [6, 6.07) is 6.56. The van der Waals surface area contributed by atoms with Crippen molar-refractivity contribution >= 4 is 35.8 Å². The number of halogens is 2. The number of hydrogen-bond acceptors (Lipinski definition) is 2. The second-order valence-electron chi connectivity index (χ2n) is 5.39. The summed E-state index contributed by atoms with van der Waals surface area (Å²) in [5.74, 6) is 0.234. The Kier molecular flexibility index (Phi) is 10.5. The fourth-order valence-corrected chi connectivity index (χ4v) is 1.61. The molecule has 1 amide bonds. The van der Waals surface area contributed by atoms with Crippen LogP contribution >= 0.6 is 24.0 Å². The van der Waals surface area contributed by atoms with Crippen LogP contribution in [0, 0.1) is 5.82 Å². The quantitative estimate of drug-likeness (QED) is 0.409. The largest absolute Gasteiger partial charge is 0.354 e. The minimum atomic E-state index is -0.278. The van der Waals surface area contributed by atoms with Crippen molar-refractivity contribution in [3.63, 3.8) is 0 Å². The van der Waals surface area contributed by atoms with Gasteiger partial charge < -0.3 is 15.5 Å². The van der Waals surface area contributed by atoms with Crippen molar-refractivity contribution in [3.8, 4) is 0 Å². The maximum absolute atomic E-state index is 13.2. The standard InChI is InChI=1S/C16H25FN4O.HI/c1-5-12(2)20-16(19-11-15(22)21(3)4)18-10-13-7-6-8-14(17)9-13;/h6-9,12H,5,10-11H2,1-4H3,(H2,18,19,20);1H. The molecule has 1 atom stereocenters. The van der Waals surface area contributed by atoms with Gasteiger partial charge in [0, 0.05) is 20.1 Å². The molecule has 1 rings (SSSR count). The first-order valence-electron chi connectivity index (χ1n) is 7.41. The molecule has 23 heavy (non-hydrogen) atoms. The fraction of sp³-hybridized carbons (Fsp3) is 0.500. The molecular formula is C16H26FIN4O. The molecule has 0 aliphatic rings. The van der Waals surface area contributed by atoms with Crippen LogP contribution in [0.25, 0.3) is 0 Å². The van der Waals surface area contributed by atoms with Crippen molar-refractivity contribution in [2.75, 3.05) is 20.6 Å². The van der Waals surface area contributed by atoms with E-state index in [1.54, 1.807) is 20.2 Å². The van der Waals surface area contributed by atoms with Gasteiger partial charge in [0.25, 0.3) is 0 Å². The Labute approximate surface area is 154 Å². The van der Waals surface area contributed by atoms with Crippen LogP contribution in [0.5, 0.6) is 0 Å². The molecule has 0 bridgehead atoms. The third-order valence-electron chi connectivity index (χ3n) is 3.21. The van der Waals surface area contributed by atoms with Crippen molar-refractivity contribution in [3.05, 3.63) is 35.6 Å². The second-order valence-corrected chi connectivity index (χ2v) is 5.39. The first kappa shape index (κ1) is 21.6. The maximum atomic E-state index is 13.2. The van der Waals surface area contributed by atoms with Crippen LogP contribution in [0.15, 0.2) is 29.3 Å². The molecule has 0 saturated heterocycles. The van der Waals surface area contributed by atoms with Crippen LogP contribution in [0.3, 0.4) is 0 Å². The first-order chi connectivity index (χ1) is 10.4. The number of amides is 1. The van der Waals surface area contributed by atoms with Gasteiger partial charge in [0.05, 0.1) is 13.1 Å². The molecule has 0 aromatic heterocycles. The number of aliphatic imine (C=N–C) groups is 1. The van der Waals surface area contributed by atoms with E-state index in [1.807, 2.05) is 13.0 Å². The highest BCUT2D eigenvalue weighted by molar-refractivity contribution is 14.0. The van der Waals surface area contributed by atoms with E-state index in [-0.39, 0.29) is 48.3 Å². The predicted octanol–water partition coefficient (Wildman–Crippen LogP) is 2.37. The molecule has 1 unspecified atom stereocenters. The van der Waals surface area contributed by atoms with E-state index < -0.39 is 0 Å². The number of nitrogens with zero attached hydrogens (tertiary/aromatic N) is 2. The van der Waals surface area contributed by atoms with Gasteiger partial charge in [0.1, 0.15) is 5.82 Å². The Bertz CT molecular complexity index is 523. The van der Waals surface area contributed by atoms with Gasteiger partial charge in [0.2, 0.25) is 5.91 Å². The Morgan fingerprint density at radius 1 is 1.39 bits per heavy atom. The van der Waals surface area contributed by atoms with Crippen LogP contribution in [0.4, 0.5) is 4.39 Å². The van der Waals surface area contributed by atoms with Gasteiger partial charge in [-0.2, -0.15) is 0 Å². The predicted molar refractivity (Wildman–Crippen MR) is 103 cm³/mol. The molecule has 0 saturated carbocycles. The van der Waals surface area contributed by atoms with Crippen molar-refractivity contribution in [1.82, 2.24) is 15.5 Å². The molecule has 0 heterocycles. The molecular weight excluding hydrogens is 410 g/mol. The number of carbonyl (C=O) groups is 1. The van der Waals surface area contributed by atoms with Crippen LogP contribution in [-0.2, 0) is 11.3 Å². The molecule has 7 heteroatoms. The molecule has 0 aliphatic carbocycles. The van der Waals surface area contributed by atoms with Gasteiger partial charge in [-0.1, -0.05) is 19.1 Å². The van der Waals surface area contributed by atoms with Crippen LogP contribution < -0.4 is 10.6 Å². The smallest absolute Gasteiger partial charge is 0.241 e. The SMILES string of the molecule is CCC(C)NC(=NCc1cccc(F)c1)NCC(=O)N(C)C.I. The molecule has 1 aromatic rings. The summed E-state index contributed by atoms with van der Waals surface area (Å²) in [6.45, 7) is 4.61. The van der Waals surface area contributed by atoms with Gasteiger partial charge in [0.15, 0.2) is 5.96 Å². The lowest BCUT2D eigenvalue weighted by Crippen LogP contribution is -2.45. The Morgan fingerprint density at radius 2 is 2.09 bits per heavy atom. The Balaban J connectivity index is 0.00000484. The zero-order valence-electron chi connectivity index (χ0n) is 14.1. The molecule has 0 spiro atoms. The summed E-state index contributed by atoms with van der Waals surface area (Å²) in [5, 5.41) is 6.23. The first-order valence-corrected chi connectivity index (χ1v) is 7.41. The highest BCUT2D eigenvalue weighted by atomic mass is 127. The third kappa shape index (κ3) is 8.73. The molecule has 0 aliphatic heterocycles. The number of guanidine groups is 1. The summed E-state index contributed by atoms with van der Waals surface area (Å²) in [4.78, 5) is 17.6.